The van der Waals surface area contributed by atoms with Gasteiger partial charge in [-0.05, 0) is 61.8 Å². The maximum atomic E-state index is 13.8. The lowest BCUT2D eigenvalue weighted by Crippen LogP contribution is -2.52. The van der Waals surface area contributed by atoms with E-state index < -0.39 is 6.04 Å². The first kappa shape index (κ1) is 21.7. The molecule has 5 nitrogen and oxygen atoms in total. The van der Waals surface area contributed by atoms with Crippen molar-refractivity contribution in [3.8, 4) is 0 Å². The third-order valence-electron chi connectivity index (χ3n) is 7.58. The van der Waals surface area contributed by atoms with E-state index in [2.05, 4.69) is 22.4 Å². The van der Waals surface area contributed by atoms with Gasteiger partial charge in [-0.25, -0.2) is 0 Å². The highest BCUT2D eigenvalue weighted by atomic mass is 16.2. The molecule has 0 radical (unpaired) electrons. The average Bonchev–Trinajstić information content (AvgIpc) is 3.08. The number of hydrogen-bond acceptors (Lipinski definition) is 2. The molecule has 2 aromatic carbocycles. The maximum Gasteiger partial charge on any atom is 0.247 e. The molecule has 1 saturated carbocycles. The molecule has 5 heteroatoms. The highest BCUT2D eigenvalue weighted by Gasteiger charge is 2.38. The van der Waals surface area contributed by atoms with Crippen molar-refractivity contribution in [2.75, 3.05) is 11.9 Å². The van der Waals surface area contributed by atoms with Crippen LogP contribution in [-0.4, -0.2) is 34.3 Å². The number of hydrogen-bond donors (Lipinski definition) is 2. The Morgan fingerprint density at radius 1 is 1.03 bits per heavy atom. The number of nitrogens with zero attached hydrogens (tertiary/aromatic N) is 1. The van der Waals surface area contributed by atoms with Gasteiger partial charge >= 0.3 is 0 Å². The van der Waals surface area contributed by atoms with E-state index in [0.29, 0.717) is 13.0 Å². The van der Waals surface area contributed by atoms with Crippen LogP contribution in [0.1, 0.15) is 54.5 Å². The van der Waals surface area contributed by atoms with Crippen LogP contribution in [0, 0.1) is 19.8 Å². The maximum absolute atomic E-state index is 13.8. The van der Waals surface area contributed by atoms with E-state index in [9.17, 15) is 9.59 Å². The number of carbonyl (C=O) groups excluding carboxylic acids is 2. The van der Waals surface area contributed by atoms with Crippen LogP contribution in [0.4, 0.5) is 5.69 Å². The number of aromatic amines is 1. The zero-order valence-electron chi connectivity index (χ0n) is 19.6. The third kappa shape index (κ3) is 4.17. The zero-order chi connectivity index (χ0) is 22.9. The largest absolute Gasteiger partial charge is 0.358 e. The van der Waals surface area contributed by atoms with E-state index >= 15 is 0 Å². The lowest BCUT2D eigenvalue weighted by molar-refractivity contribution is -0.140. The van der Waals surface area contributed by atoms with Gasteiger partial charge in [0.15, 0.2) is 0 Å². The van der Waals surface area contributed by atoms with E-state index in [1.54, 1.807) is 0 Å². The highest BCUT2D eigenvalue weighted by molar-refractivity contribution is 5.99. The predicted octanol–water partition coefficient (Wildman–Crippen LogP) is 5.30. The number of anilines is 1. The lowest BCUT2D eigenvalue weighted by atomic mass is 9.82. The van der Waals surface area contributed by atoms with Crippen molar-refractivity contribution in [1.29, 1.82) is 0 Å². The monoisotopic (exact) mass is 443 g/mol. The first-order valence-electron chi connectivity index (χ1n) is 12.3. The summed E-state index contributed by atoms with van der Waals surface area (Å²) in [7, 11) is 0. The Kier molecular flexibility index (Phi) is 5.96. The van der Waals surface area contributed by atoms with E-state index in [0.717, 1.165) is 60.1 Å². The number of aryl methyl sites for hydroxylation is 2. The smallest absolute Gasteiger partial charge is 0.247 e. The highest BCUT2D eigenvalue weighted by Crippen LogP contribution is 2.33. The van der Waals surface area contributed by atoms with Gasteiger partial charge in [-0.2, -0.15) is 0 Å². The lowest BCUT2D eigenvalue weighted by Gasteiger charge is -2.37. The van der Waals surface area contributed by atoms with Crippen molar-refractivity contribution in [2.45, 2.75) is 64.8 Å². The average molecular weight is 444 g/mol. The molecular formula is C28H33N3O2. The number of rotatable bonds is 4. The number of H-pyrrole nitrogens is 1. The normalized spacial score (nSPS) is 18.1. The van der Waals surface area contributed by atoms with Crippen LogP contribution in [0.2, 0.25) is 0 Å². The number of benzene rings is 2. The molecule has 1 atom stereocenters. The topological polar surface area (TPSA) is 65.2 Å². The Morgan fingerprint density at radius 3 is 2.52 bits per heavy atom. The van der Waals surface area contributed by atoms with Crippen LogP contribution < -0.4 is 5.32 Å². The molecule has 1 aromatic heterocycles. The second-order valence-electron chi connectivity index (χ2n) is 9.74. The first-order valence-corrected chi connectivity index (χ1v) is 12.3. The fourth-order valence-corrected chi connectivity index (χ4v) is 5.86. The molecule has 172 valence electrons. The van der Waals surface area contributed by atoms with E-state index in [1.165, 1.54) is 17.4 Å². The van der Waals surface area contributed by atoms with Gasteiger partial charge in [0.2, 0.25) is 11.8 Å². The minimum atomic E-state index is -0.424. The summed E-state index contributed by atoms with van der Waals surface area (Å²) in [5.74, 6) is 0.218. The van der Waals surface area contributed by atoms with Crippen LogP contribution in [0.25, 0.3) is 10.9 Å². The number of aromatic nitrogens is 1. The van der Waals surface area contributed by atoms with Crippen molar-refractivity contribution in [2.24, 2.45) is 5.92 Å². The number of nitrogens with one attached hydrogen (secondary N) is 2. The van der Waals surface area contributed by atoms with Crippen LogP contribution in [-0.2, 0) is 22.4 Å². The molecule has 1 unspecified atom stereocenters. The Morgan fingerprint density at radius 2 is 1.76 bits per heavy atom. The molecule has 5 rings (SSSR count). The number of carbonyl (C=O) groups is 2. The van der Waals surface area contributed by atoms with E-state index in [1.807, 2.05) is 49.1 Å². The Bertz CT molecular complexity index is 1170. The minimum Gasteiger partial charge on any atom is -0.358 e. The molecule has 1 aliphatic carbocycles. The van der Waals surface area contributed by atoms with Crippen LogP contribution in [0.5, 0.6) is 0 Å². The molecule has 0 saturated heterocycles. The number of amides is 2. The van der Waals surface area contributed by atoms with Crippen molar-refractivity contribution in [1.82, 2.24) is 9.88 Å². The molecule has 2 N–H and O–H groups in total. The summed E-state index contributed by atoms with van der Waals surface area (Å²) in [6.07, 6.45) is 6.57. The van der Waals surface area contributed by atoms with Crippen molar-refractivity contribution in [3.05, 3.63) is 64.8 Å². The van der Waals surface area contributed by atoms with Gasteiger partial charge in [0.1, 0.15) is 6.04 Å². The summed E-state index contributed by atoms with van der Waals surface area (Å²) in [6, 6.07) is 13.9. The minimum absolute atomic E-state index is 0.0388. The molecule has 2 aliphatic rings. The fourth-order valence-electron chi connectivity index (χ4n) is 5.86. The number of fused-ring (bicyclic) bond motifs is 3. The van der Waals surface area contributed by atoms with Gasteiger partial charge in [0.05, 0.1) is 6.42 Å². The Labute approximate surface area is 195 Å². The molecular weight excluding hydrogens is 410 g/mol. The van der Waals surface area contributed by atoms with Crippen LogP contribution >= 0.6 is 0 Å². The summed E-state index contributed by atoms with van der Waals surface area (Å²) in [6.45, 7) is 4.62. The molecule has 2 amide bonds. The van der Waals surface area contributed by atoms with Crippen molar-refractivity contribution >= 4 is 28.4 Å². The Hall–Kier alpha value is -3.08. The molecule has 3 aromatic rings. The predicted molar refractivity (Wildman–Crippen MR) is 132 cm³/mol. The van der Waals surface area contributed by atoms with Crippen molar-refractivity contribution in [3.63, 3.8) is 0 Å². The van der Waals surface area contributed by atoms with Crippen LogP contribution in [0.15, 0.2) is 42.5 Å². The van der Waals surface area contributed by atoms with E-state index in [-0.39, 0.29) is 17.7 Å². The molecule has 1 aliphatic heterocycles. The van der Waals surface area contributed by atoms with E-state index in [4.69, 9.17) is 0 Å². The standard InChI is InChI=1S/C28H33N3O2/c1-18-9-8-10-19(2)26(18)30-28(33)27(20-11-4-3-5-12-20)31-16-15-22-21-13-6-7-14-23(21)29-24(22)17-25(31)32/h6-10,13-14,20,27,29H,3-5,11-12,15-17H2,1-2H3,(H,30,33). The Balaban J connectivity index is 1.46. The molecule has 33 heavy (non-hydrogen) atoms. The summed E-state index contributed by atoms with van der Waals surface area (Å²) < 4.78 is 0. The van der Waals surface area contributed by atoms with Crippen molar-refractivity contribution < 1.29 is 9.59 Å². The number of para-hydroxylation sites is 2. The molecule has 0 spiro atoms. The zero-order valence-corrected chi connectivity index (χ0v) is 19.6. The van der Waals surface area contributed by atoms with Gasteiger partial charge in [0, 0.05) is 28.8 Å². The van der Waals surface area contributed by atoms with Gasteiger partial charge in [0.25, 0.3) is 0 Å². The van der Waals surface area contributed by atoms with Gasteiger partial charge < -0.3 is 15.2 Å². The van der Waals surface area contributed by atoms with Gasteiger partial charge in [-0.3, -0.25) is 9.59 Å². The summed E-state index contributed by atoms with van der Waals surface area (Å²) in [4.78, 5) is 32.7. The SMILES string of the molecule is Cc1cccc(C)c1NC(=O)C(C1CCCCC1)N1CCc2c([nH]c3ccccc23)CC1=O. The second-order valence-corrected chi connectivity index (χ2v) is 9.74. The van der Waals surface area contributed by atoms with Gasteiger partial charge in [-0.15, -0.1) is 0 Å². The second kappa shape index (κ2) is 9.05. The third-order valence-corrected chi connectivity index (χ3v) is 7.58. The molecule has 0 bridgehead atoms. The fraction of sp³-hybridized carbons (Fsp3) is 0.429. The van der Waals surface area contributed by atoms with Gasteiger partial charge in [-0.1, -0.05) is 55.7 Å². The quantitative estimate of drug-likeness (QED) is 0.575. The summed E-state index contributed by atoms with van der Waals surface area (Å²) >= 11 is 0. The molecule has 2 heterocycles. The summed E-state index contributed by atoms with van der Waals surface area (Å²) in [5.41, 5.74) is 6.28. The summed E-state index contributed by atoms with van der Waals surface area (Å²) in [5, 5.41) is 4.41. The molecule has 1 fully saturated rings. The van der Waals surface area contributed by atoms with Crippen LogP contribution in [0.3, 0.4) is 0 Å². The first-order chi connectivity index (χ1) is 16.0.